The third-order valence-corrected chi connectivity index (χ3v) is 7.16. The van der Waals surface area contributed by atoms with Crippen LogP contribution < -0.4 is 20.1 Å². The second kappa shape index (κ2) is 12.3. The van der Waals surface area contributed by atoms with Gasteiger partial charge in [0.15, 0.2) is 0 Å². The molecule has 2 aromatic carbocycles. The fourth-order valence-electron chi connectivity index (χ4n) is 4.79. The van der Waals surface area contributed by atoms with Crippen molar-refractivity contribution in [3.8, 4) is 17.4 Å². The highest BCUT2D eigenvalue weighted by Crippen LogP contribution is 2.35. The van der Waals surface area contributed by atoms with E-state index in [0.717, 1.165) is 31.5 Å². The number of para-hydroxylation sites is 1. The van der Waals surface area contributed by atoms with Crippen molar-refractivity contribution >= 4 is 17.4 Å². The number of likely N-dealkylation sites (tertiary alicyclic amines) is 1. The predicted molar refractivity (Wildman–Crippen MR) is 158 cm³/mol. The van der Waals surface area contributed by atoms with E-state index >= 15 is 0 Å². The second-order valence-corrected chi connectivity index (χ2v) is 12.3. The van der Waals surface area contributed by atoms with Gasteiger partial charge in [0.05, 0.1) is 12.3 Å². The summed E-state index contributed by atoms with van der Waals surface area (Å²) in [6, 6.07) is 15.0. The third kappa shape index (κ3) is 7.72. The number of carbonyl (C=O) groups excluding carboxylic acids is 1. The number of hydrogen-bond donors (Lipinski definition) is 2. The van der Waals surface area contributed by atoms with Gasteiger partial charge in [-0.1, -0.05) is 39.0 Å². The lowest BCUT2D eigenvalue weighted by atomic mass is 9.86. The lowest BCUT2D eigenvalue weighted by Crippen LogP contribution is -2.46. The fourth-order valence-corrected chi connectivity index (χ4v) is 4.79. The minimum absolute atomic E-state index is 0.0489. The van der Waals surface area contributed by atoms with Crippen LogP contribution in [0.2, 0.25) is 0 Å². The van der Waals surface area contributed by atoms with E-state index in [0.29, 0.717) is 29.7 Å². The summed E-state index contributed by atoms with van der Waals surface area (Å²) in [5.41, 5.74) is 1.45. The molecule has 1 aromatic heterocycles. The van der Waals surface area contributed by atoms with E-state index in [1.807, 2.05) is 24.3 Å². The summed E-state index contributed by atoms with van der Waals surface area (Å²) in [6.07, 6.45) is 3.70. The van der Waals surface area contributed by atoms with E-state index < -0.39 is 11.8 Å². The summed E-state index contributed by atoms with van der Waals surface area (Å²) in [4.78, 5) is 19.6. The minimum Gasteiger partial charge on any atom is -0.493 e. The van der Waals surface area contributed by atoms with Gasteiger partial charge in [-0.2, -0.15) is 0 Å². The number of urea groups is 1. The molecule has 1 aliphatic heterocycles. The molecule has 0 atom stereocenters. The summed E-state index contributed by atoms with van der Waals surface area (Å²) in [5, 5.41) is 5.29. The Labute approximate surface area is 237 Å². The van der Waals surface area contributed by atoms with Crippen LogP contribution in [-0.2, 0) is 5.41 Å². The monoisotopic (exact) mass is 548 g/mol. The van der Waals surface area contributed by atoms with Crippen LogP contribution in [-0.4, -0.2) is 41.2 Å². The van der Waals surface area contributed by atoms with Gasteiger partial charge < -0.3 is 20.1 Å². The Balaban J connectivity index is 1.34. The highest BCUT2D eigenvalue weighted by Gasteiger charge is 2.27. The van der Waals surface area contributed by atoms with Crippen LogP contribution in [0.3, 0.4) is 0 Å². The first-order valence-corrected chi connectivity index (χ1v) is 13.9. The summed E-state index contributed by atoms with van der Waals surface area (Å²) >= 11 is 0. The second-order valence-electron chi connectivity index (χ2n) is 12.3. The molecule has 214 valence electrons. The number of benzene rings is 2. The van der Waals surface area contributed by atoms with E-state index in [-0.39, 0.29) is 22.5 Å². The molecule has 0 spiro atoms. The Bertz CT molecular complexity index is 1310. The first-order valence-electron chi connectivity index (χ1n) is 13.9. The molecule has 3 aromatic rings. The first-order chi connectivity index (χ1) is 18.9. The lowest BCUT2D eigenvalue weighted by Gasteiger charge is -2.40. The lowest BCUT2D eigenvalue weighted by molar-refractivity contribution is 0.0720. The Morgan fingerprint density at radius 2 is 1.68 bits per heavy atom. The van der Waals surface area contributed by atoms with Crippen LogP contribution >= 0.6 is 0 Å². The number of carbonyl (C=O) groups is 1. The van der Waals surface area contributed by atoms with Crippen LogP contribution in [0.4, 0.5) is 20.6 Å². The molecule has 1 saturated heterocycles. The van der Waals surface area contributed by atoms with Crippen molar-refractivity contribution in [3.63, 3.8) is 0 Å². The SMILES string of the molecule is CC(C)(C)c1ccccc1Oc1ncccc1NC(=O)Nc1ccc(OCC2CCN(C(C)(C)C)CC2)cc1F. The molecule has 4 rings (SSSR count). The zero-order valence-corrected chi connectivity index (χ0v) is 24.4. The van der Waals surface area contributed by atoms with Crippen LogP contribution in [0.1, 0.15) is 59.9 Å². The largest absolute Gasteiger partial charge is 0.493 e. The molecule has 2 amide bonds. The molecule has 2 heterocycles. The summed E-state index contributed by atoms with van der Waals surface area (Å²) in [5.74, 6) is 1.21. The van der Waals surface area contributed by atoms with Crippen molar-refractivity contribution in [3.05, 3.63) is 72.2 Å². The molecule has 40 heavy (non-hydrogen) atoms. The van der Waals surface area contributed by atoms with Crippen molar-refractivity contribution in [2.45, 2.75) is 65.3 Å². The number of nitrogens with zero attached hydrogens (tertiary/aromatic N) is 2. The van der Waals surface area contributed by atoms with E-state index in [1.165, 1.54) is 12.1 Å². The molecule has 1 aliphatic rings. The summed E-state index contributed by atoms with van der Waals surface area (Å²) in [7, 11) is 0. The van der Waals surface area contributed by atoms with Crippen LogP contribution in [0.15, 0.2) is 60.8 Å². The number of rotatable bonds is 7. The Hall–Kier alpha value is -3.65. The normalized spacial score (nSPS) is 15.0. The number of amides is 2. The molecule has 0 saturated carbocycles. The number of hydrogen-bond acceptors (Lipinski definition) is 5. The molecule has 2 N–H and O–H groups in total. The quantitative estimate of drug-likeness (QED) is 0.315. The van der Waals surface area contributed by atoms with Gasteiger partial charge in [-0.3, -0.25) is 4.90 Å². The molecule has 8 heteroatoms. The van der Waals surface area contributed by atoms with Crippen LogP contribution in [0, 0.1) is 11.7 Å². The van der Waals surface area contributed by atoms with E-state index in [4.69, 9.17) is 9.47 Å². The number of piperidine rings is 1. The van der Waals surface area contributed by atoms with E-state index in [1.54, 1.807) is 24.4 Å². The van der Waals surface area contributed by atoms with Gasteiger partial charge in [0.25, 0.3) is 0 Å². The molecule has 0 radical (unpaired) electrons. The zero-order chi connectivity index (χ0) is 28.9. The van der Waals surface area contributed by atoms with Crippen molar-refractivity contribution in [1.82, 2.24) is 9.88 Å². The Morgan fingerprint density at radius 1 is 0.975 bits per heavy atom. The number of nitrogens with one attached hydrogen (secondary N) is 2. The molecule has 0 bridgehead atoms. The number of halogens is 1. The van der Waals surface area contributed by atoms with Gasteiger partial charge in [-0.15, -0.1) is 0 Å². The van der Waals surface area contributed by atoms with Crippen LogP contribution in [0.5, 0.6) is 17.4 Å². The molecule has 1 fully saturated rings. The molecule has 7 nitrogen and oxygen atoms in total. The number of aromatic nitrogens is 1. The van der Waals surface area contributed by atoms with E-state index in [9.17, 15) is 9.18 Å². The van der Waals surface area contributed by atoms with Crippen molar-refractivity contribution < 1.29 is 18.7 Å². The minimum atomic E-state index is -0.611. The van der Waals surface area contributed by atoms with Crippen molar-refractivity contribution in [1.29, 1.82) is 0 Å². The smallest absolute Gasteiger partial charge is 0.323 e. The molecule has 0 aliphatic carbocycles. The molecule has 0 unspecified atom stereocenters. The average molecular weight is 549 g/mol. The van der Waals surface area contributed by atoms with Crippen molar-refractivity contribution in [2.75, 3.05) is 30.3 Å². The Kier molecular flexibility index (Phi) is 8.98. The highest BCUT2D eigenvalue weighted by molar-refractivity contribution is 6.00. The first kappa shape index (κ1) is 29.3. The number of anilines is 2. The maximum Gasteiger partial charge on any atom is 0.323 e. The fraction of sp³-hybridized carbons (Fsp3) is 0.438. The van der Waals surface area contributed by atoms with Crippen molar-refractivity contribution in [2.24, 2.45) is 5.92 Å². The molecular formula is C32H41FN4O3. The maximum atomic E-state index is 14.9. The Morgan fingerprint density at radius 3 is 2.35 bits per heavy atom. The molecular weight excluding hydrogens is 507 g/mol. The summed E-state index contributed by atoms with van der Waals surface area (Å²) < 4.78 is 26.9. The number of ether oxygens (including phenoxy) is 2. The van der Waals surface area contributed by atoms with Gasteiger partial charge in [0.1, 0.15) is 23.0 Å². The average Bonchev–Trinajstić information content (AvgIpc) is 2.89. The summed E-state index contributed by atoms with van der Waals surface area (Å²) in [6.45, 7) is 15.6. The van der Waals surface area contributed by atoms with Gasteiger partial charge in [-0.25, -0.2) is 14.2 Å². The maximum absolute atomic E-state index is 14.9. The van der Waals surface area contributed by atoms with Gasteiger partial charge in [0, 0.05) is 23.4 Å². The highest BCUT2D eigenvalue weighted by atomic mass is 19.1. The third-order valence-electron chi connectivity index (χ3n) is 7.16. The number of pyridine rings is 1. The van der Waals surface area contributed by atoms with Crippen LogP contribution in [0.25, 0.3) is 0 Å². The van der Waals surface area contributed by atoms with Gasteiger partial charge >= 0.3 is 6.03 Å². The van der Waals surface area contributed by atoms with Gasteiger partial charge in [-0.05, 0) is 88.4 Å². The predicted octanol–water partition coefficient (Wildman–Crippen LogP) is 7.84. The standard InChI is InChI=1S/C32H41FN4O3/c1-31(2,3)24-10-7-8-12-28(24)40-29-27(11-9-17-34-29)36-30(38)35-26-14-13-23(20-25(26)33)39-21-22-15-18-37(19-16-22)32(4,5)6/h7-14,17,20,22H,15-16,18-19,21H2,1-6H3,(H2,35,36,38). The topological polar surface area (TPSA) is 75.7 Å². The zero-order valence-electron chi connectivity index (χ0n) is 24.4. The van der Waals surface area contributed by atoms with E-state index in [2.05, 4.69) is 62.1 Å². The van der Waals surface area contributed by atoms with Gasteiger partial charge in [0.2, 0.25) is 5.88 Å².